The Morgan fingerprint density at radius 2 is 2.11 bits per heavy atom. The highest BCUT2D eigenvalue weighted by molar-refractivity contribution is 7.99. The van der Waals surface area contributed by atoms with Crippen LogP contribution in [0.2, 0.25) is 10.0 Å². The third-order valence-electron chi connectivity index (χ3n) is 4.12. The van der Waals surface area contributed by atoms with Gasteiger partial charge < -0.3 is 9.73 Å². The summed E-state index contributed by atoms with van der Waals surface area (Å²) >= 11 is 13.2. The Bertz CT molecular complexity index is 954. The summed E-state index contributed by atoms with van der Waals surface area (Å²) in [5, 5.41) is 13.0. The third-order valence-corrected chi connectivity index (χ3v) is 5.82. The molecule has 1 aliphatic rings. The molecule has 0 unspecified atom stereocenters. The van der Waals surface area contributed by atoms with Gasteiger partial charge in [-0.2, -0.15) is 0 Å². The van der Waals surface area contributed by atoms with E-state index in [4.69, 9.17) is 27.6 Å². The van der Waals surface area contributed by atoms with E-state index in [0.717, 1.165) is 24.4 Å². The normalized spacial score (nSPS) is 13.7. The molecule has 2 aromatic heterocycles. The first-order chi connectivity index (χ1) is 13.1. The van der Waals surface area contributed by atoms with Crippen LogP contribution in [0.4, 0.5) is 5.69 Å². The van der Waals surface area contributed by atoms with Crippen molar-refractivity contribution in [2.75, 3.05) is 11.1 Å². The number of halogens is 2. The maximum absolute atomic E-state index is 12.3. The molecule has 3 aromatic rings. The van der Waals surface area contributed by atoms with Gasteiger partial charge in [-0.05, 0) is 43.2 Å². The molecule has 0 aliphatic heterocycles. The fourth-order valence-electron chi connectivity index (χ4n) is 2.66. The highest BCUT2D eigenvalue weighted by atomic mass is 35.5. The average molecular weight is 423 g/mol. The zero-order valence-electron chi connectivity index (χ0n) is 14.2. The monoisotopic (exact) mass is 422 g/mol. The molecule has 0 saturated heterocycles. The summed E-state index contributed by atoms with van der Waals surface area (Å²) in [6.07, 6.45) is 3.89. The number of anilines is 1. The lowest BCUT2D eigenvalue weighted by Gasteiger charge is -2.09. The lowest BCUT2D eigenvalue weighted by atomic mass is 10.3. The Balaban J connectivity index is 1.43. The Morgan fingerprint density at radius 3 is 2.81 bits per heavy atom. The highest BCUT2D eigenvalue weighted by Crippen LogP contribution is 2.40. The van der Waals surface area contributed by atoms with Gasteiger partial charge in [0.15, 0.2) is 5.16 Å². The van der Waals surface area contributed by atoms with E-state index < -0.39 is 0 Å². The molecule has 2 heterocycles. The quantitative estimate of drug-likeness (QED) is 0.551. The molecule has 0 radical (unpaired) electrons. The Morgan fingerprint density at radius 1 is 1.26 bits per heavy atom. The highest BCUT2D eigenvalue weighted by Gasteiger charge is 2.30. The maximum atomic E-state index is 12.3. The van der Waals surface area contributed by atoms with Gasteiger partial charge in [0, 0.05) is 11.6 Å². The molecule has 0 spiro atoms. The van der Waals surface area contributed by atoms with Crippen LogP contribution in [-0.4, -0.2) is 26.4 Å². The molecule has 6 nitrogen and oxygen atoms in total. The van der Waals surface area contributed by atoms with Crippen LogP contribution in [0, 0.1) is 0 Å². The first-order valence-electron chi connectivity index (χ1n) is 8.43. The summed E-state index contributed by atoms with van der Waals surface area (Å²) in [6.45, 7) is 0.558. The van der Waals surface area contributed by atoms with E-state index in [0.29, 0.717) is 33.4 Å². The van der Waals surface area contributed by atoms with Gasteiger partial charge in [-0.1, -0.05) is 35.0 Å². The van der Waals surface area contributed by atoms with Crippen molar-refractivity contribution in [2.45, 2.75) is 30.5 Å². The van der Waals surface area contributed by atoms with Crippen LogP contribution in [0.5, 0.6) is 0 Å². The van der Waals surface area contributed by atoms with Crippen LogP contribution >= 0.6 is 35.0 Å². The number of benzene rings is 1. The number of hydrogen-bond donors (Lipinski definition) is 1. The summed E-state index contributed by atoms with van der Waals surface area (Å²) in [4.78, 5) is 12.3. The second kappa shape index (κ2) is 7.96. The van der Waals surface area contributed by atoms with Crippen molar-refractivity contribution < 1.29 is 9.21 Å². The van der Waals surface area contributed by atoms with Gasteiger partial charge in [0.05, 0.1) is 28.6 Å². The van der Waals surface area contributed by atoms with Crippen molar-refractivity contribution >= 4 is 46.6 Å². The average Bonchev–Trinajstić information content (AvgIpc) is 3.21. The van der Waals surface area contributed by atoms with Crippen molar-refractivity contribution in [3.05, 3.63) is 58.2 Å². The van der Waals surface area contributed by atoms with E-state index in [1.165, 1.54) is 11.8 Å². The van der Waals surface area contributed by atoms with Gasteiger partial charge in [-0.15, -0.1) is 10.2 Å². The van der Waals surface area contributed by atoms with Crippen LogP contribution in [0.15, 0.2) is 46.2 Å². The topological polar surface area (TPSA) is 73.0 Å². The molecule has 27 heavy (non-hydrogen) atoms. The summed E-state index contributed by atoms with van der Waals surface area (Å²) in [7, 11) is 0. The molecule has 1 aromatic carbocycles. The number of amides is 1. The Kier molecular flexibility index (Phi) is 5.43. The number of hydrogen-bond acceptors (Lipinski definition) is 5. The Hall–Kier alpha value is -1.96. The molecule has 0 bridgehead atoms. The predicted molar refractivity (Wildman–Crippen MR) is 106 cm³/mol. The molecule has 1 N–H and O–H groups in total. The first kappa shape index (κ1) is 18.4. The lowest BCUT2D eigenvalue weighted by Crippen LogP contribution is -2.15. The summed E-state index contributed by atoms with van der Waals surface area (Å²) in [6, 6.07) is 8.75. The van der Waals surface area contributed by atoms with E-state index in [9.17, 15) is 4.79 Å². The summed E-state index contributed by atoms with van der Waals surface area (Å²) < 4.78 is 7.49. The second-order valence-corrected chi connectivity index (χ2v) is 8.00. The maximum Gasteiger partial charge on any atom is 0.234 e. The van der Waals surface area contributed by atoms with Gasteiger partial charge >= 0.3 is 0 Å². The zero-order valence-corrected chi connectivity index (χ0v) is 16.5. The van der Waals surface area contributed by atoms with Gasteiger partial charge in [0.2, 0.25) is 5.91 Å². The molecule has 4 rings (SSSR count). The van der Waals surface area contributed by atoms with Crippen LogP contribution < -0.4 is 5.32 Å². The van der Waals surface area contributed by atoms with Crippen molar-refractivity contribution in [2.24, 2.45) is 0 Å². The number of carbonyl (C=O) groups excluding carboxylic acids is 1. The van der Waals surface area contributed by atoms with Crippen LogP contribution in [-0.2, 0) is 11.3 Å². The van der Waals surface area contributed by atoms with E-state index in [1.807, 2.05) is 16.7 Å². The number of aromatic nitrogens is 3. The van der Waals surface area contributed by atoms with Crippen molar-refractivity contribution in [3.63, 3.8) is 0 Å². The van der Waals surface area contributed by atoms with E-state index >= 15 is 0 Å². The molecule has 1 saturated carbocycles. The minimum atomic E-state index is -0.154. The first-order valence-corrected chi connectivity index (χ1v) is 10.2. The fraction of sp³-hybridized carbons (Fsp3) is 0.278. The molecule has 9 heteroatoms. The molecular formula is C18H16Cl2N4O2S. The molecule has 1 aliphatic carbocycles. The molecule has 1 amide bonds. The largest absolute Gasteiger partial charge is 0.467 e. The minimum Gasteiger partial charge on any atom is -0.467 e. The van der Waals surface area contributed by atoms with Gasteiger partial charge in [0.1, 0.15) is 11.6 Å². The number of nitrogens with zero attached hydrogens (tertiary/aromatic N) is 3. The zero-order chi connectivity index (χ0) is 18.8. The van der Waals surface area contributed by atoms with Crippen molar-refractivity contribution in [1.29, 1.82) is 0 Å². The van der Waals surface area contributed by atoms with Crippen LogP contribution in [0.25, 0.3) is 0 Å². The van der Waals surface area contributed by atoms with Crippen LogP contribution in [0.1, 0.15) is 30.3 Å². The number of rotatable bonds is 7. The lowest BCUT2D eigenvalue weighted by molar-refractivity contribution is -0.113. The molecule has 1 fully saturated rings. The minimum absolute atomic E-state index is 0.154. The van der Waals surface area contributed by atoms with E-state index in [1.54, 1.807) is 24.5 Å². The summed E-state index contributed by atoms with van der Waals surface area (Å²) in [5.74, 6) is 2.30. The van der Waals surface area contributed by atoms with Crippen molar-refractivity contribution in [1.82, 2.24) is 14.8 Å². The third kappa shape index (κ3) is 4.48. The molecule has 0 atom stereocenters. The predicted octanol–water partition coefficient (Wildman–Crippen LogP) is 4.83. The summed E-state index contributed by atoms with van der Waals surface area (Å²) in [5.41, 5.74) is 0.603. The van der Waals surface area contributed by atoms with Gasteiger partial charge in [-0.3, -0.25) is 9.36 Å². The van der Waals surface area contributed by atoms with Gasteiger partial charge in [0.25, 0.3) is 0 Å². The molecular weight excluding hydrogens is 407 g/mol. The number of carbonyl (C=O) groups is 1. The molecule has 140 valence electrons. The van der Waals surface area contributed by atoms with E-state index in [-0.39, 0.29) is 11.7 Å². The number of furan rings is 1. The van der Waals surface area contributed by atoms with Crippen LogP contribution in [0.3, 0.4) is 0 Å². The fourth-order valence-corrected chi connectivity index (χ4v) is 3.70. The number of thioether (sulfide) groups is 1. The standard InChI is InChI=1S/C18H16Cl2N4O2S/c19-14-6-5-12(8-15(14)20)21-16(25)10-27-18-23-22-17(11-3-4-11)24(18)9-13-2-1-7-26-13/h1-2,5-8,11H,3-4,9-10H2,(H,21,25). The van der Waals surface area contributed by atoms with Crippen molar-refractivity contribution in [3.8, 4) is 0 Å². The second-order valence-electron chi connectivity index (χ2n) is 6.25. The smallest absolute Gasteiger partial charge is 0.234 e. The van der Waals surface area contributed by atoms with Gasteiger partial charge in [-0.25, -0.2) is 0 Å². The van der Waals surface area contributed by atoms with E-state index in [2.05, 4.69) is 15.5 Å². The SMILES string of the molecule is O=C(CSc1nnc(C2CC2)n1Cc1ccco1)Nc1ccc(Cl)c(Cl)c1. The number of nitrogens with one attached hydrogen (secondary N) is 1. The Labute approximate surface area is 170 Å².